The average Bonchev–Trinajstić information content (AvgIpc) is 1.83. The van der Waals surface area contributed by atoms with E-state index in [1.165, 1.54) is 0 Å². The SMILES string of the molecule is [N-]=[N+]=NN(OC(F)(F)F)[N+](=O)[O-]. The summed E-state index contributed by atoms with van der Waals surface area (Å²) in [6.07, 6.45) is -5.28. The maximum atomic E-state index is 11.2. The van der Waals surface area contributed by atoms with Crippen LogP contribution >= 0.6 is 0 Å². The first-order valence-electron chi connectivity index (χ1n) is 2.12. The summed E-state index contributed by atoms with van der Waals surface area (Å²) in [6, 6.07) is 0. The highest BCUT2D eigenvalue weighted by molar-refractivity contribution is 4.31. The van der Waals surface area contributed by atoms with Gasteiger partial charge >= 0.3 is 16.9 Å². The minimum atomic E-state index is -5.28. The second-order valence-corrected chi connectivity index (χ2v) is 1.21. The maximum absolute atomic E-state index is 11.2. The molecule has 0 spiro atoms. The van der Waals surface area contributed by atoms with Gasteiger partial charge in [0, 0.05) is 4.84 Å². The molecule has 68 valence electrons. The average molecular weight is 187 g/mol. The van der Waals surface area contributed by atoms with Crippen LogP contribution < -0.4 is 0 Å². The van der Waals surface area contributed by atoms with Gasteiger partial charge < -0.3 is 10.1 Å². The van der Waals surface area contributed by atoms with Crippen LogP contribution in [0.2, 0.25) is 0 Å². The molecule has 0 aliphatic heterocycles. The molecular formula is CF3N5O3. The lowest BCUT2D eigenvalue weighted by atomic mass is 11.4. The summed E-state index contributed by atoms with van der Waals surface area (Å²) in [4.78, 5) is 14.0. The number of rotatable bonds is 3. The molecule has 0 amide bonds. The molecule has 0 aliphatic carbocycles. The van der Waals surface area contributed by atoms with Crippen molar-refractivity contribution in [2.75, 3.05) is 0 Å². The van der Waals surface area contributed by atoms with Crippen LogP contribution in [0, 0.1) is 10.1 Å². The summed E-state index contributed by atoms with van der Waals surface area (Å²) in [5, 5.41) is 8.78. The Morgan fingerprint density at radius 3 is 2.42 bits per heavy atom. The first-order chi connectivity index (χ1) is 5.37. The Balaban J connectivity index is 4.34. The molecule has 0 aromatic heterocycles. The van der Waals surface area contributed by atoms with Crippen LogP contribution in [-0.2, 0) is 4.84 Å². The van der Waals surface area contributed by atoms with Crippen LogP contribution in [0.1, 0.15) is 0 Å². The fourth-order valence-electron chi connectivity index (χ4n) is 0.211. The quantitative estimate of drug-likeness (QED) is 0.217. The number of azide groups is 1. The van der Waals surface area contributed by atoms with E-state index in [9.17, 15) is 23.3 Å². The third-order valence-corrected chi connectivity index (χ3v) is 0.441. The molecule has 0 rings (SSSR count). The van der Waals surface area contributed by atoms with Crippen LogP contribution in [0.25, 0.3) is 10.4 Å². The largest absolute Gasteiger partial charge is 0.567 e. The highest BCUT2D eigenvalue weighted by atomic mass is 19.4. The Morgan fingerprint density at radius 1 is 1.67 bits per heavy atom. The molecule has 0 atom stereocenters. The van der Waals surface area contributed by atoms with Gasteiger partial charge in [-0.25, -0.2) is 0 Å². The number of hydrazine groups is 1. The molecule has 0 bridgehead atoms. The van der Waals surface area contributed by atoms with Gasteiger partial charge in [0.15, 0.2) is 5.03 Å². The minimum absolute atomic E-state index is 1.14. The fourth-order valence-corrected chi connectivity index (χ4v) is 0.211. The number of hydrogen-bond donors (Lipinski definition) is 0. The topological polar surface area (TPSA) is 104 Å². The third kappa shape index (κ3) is 4.14. The van der Waals surface area contributed by atoms with Crippen LogP contribution in [0.4, 0.5) is 13.2 Å². The van der Waals surface area contributed by atoms with Crippen molar-refractivity contribution >= 4 is 0 Å². The summed E-state index contributed by atoms with van der Waals surface area (Å²) in [5.41, 5.74) is 7.55. The molecule has 0 N–H and O–H groups in total. The molecular weight excluding hydrogens is 187 g/mol. The lowest BCUT2D eigenvalue weighted by Crippen LogP contribution is -2.31. The van der Waals surface area contributed by atoms with Gasteiger partial charge in [0.25, 0.3) is 0 Å². The van der Waals surface area contributed by atoms with E-state index in [2.05, 4.69) is 4.84 Å². The van der Waals surface area contributed by atoms with Crippen LogP contribution in [0.15, 0.2) is 5.22 Å². The minimum Gasteiger partial charge on any atom is -0.319 e. The van der Waals surface area contributed by atoms with Gasteiger partial charge in [0.2, 0.25) is 0 Å². The number of nitro groups is 1. The van der Waals surface area contributed by atoms with E-state index < -0.39 is 16.7 Å². The Kier molecular flexibility index (Phi) is 3.07. The molecule has 12 heavy (non-hydrogen) atoms. The summed E-state index contributed by atoms with van der Waals surface area (Å²) in [7, 11) is 0. The van der Waals surface area contributed by atoms with Gasteiger partial charge in [-0.05, 0) is 0 Å². The molecule has 0 aromatic carbocycles. The van der Waals surface area contributed by atoms with E-state index in [0.29, 0.717) is 0 Å². The van der Waals surface area contributed by atoms with E-state index in [4.69, 9.17) is 5.53 Å². The Morgan fingerprint density at radius 2 is 2.17 bits per heavy atom. The number of hydrogen-bond acceptors (Lipinski definition) is 4. The molecule has 0 saturated carbocycles. The van der Waals surface area contributed by atoms with Crippen molar-refractivity contribution in [3.8, 4) is 0 Å². The first kappa shape index (κ1) is 10.3. The molecule has 0 unspecified atom stereocenters. The first-order valence-corrected chi connectivity index (χ1v) is 2.12. The van der Waals surface area contributed by atoms with E-state index in [1.807, 2.05) is 5.22 Å². The summed E-state index contributed by atoms with van der Waals surface area (Å²) >= 11 is 0. The highest BCUT2D eigenvalue weighted by Gasteiger charge is 2.45. The van der Waals surface area contributed by atoms with Gasteiger partial charge in [-0.3, -0.25) is 0 Å². The fraction of sp³-hybridized carbons (Fsp3) is 1.00. The standard InChI is InChI=1S/CF3N5O3/c2-1(3,4)12-8(7-6-5)9(10)11. The van der Waals surface area contributed by atoms with E-state index in [-0.39, 0.29) is 0 Å². The molecule has 11 heteroatoms. The molecule has 8 nitrogen and oxygen atoms in total. The maximum Gasteiger partial charge on any atom is 0.567 e. The Labute approximate surface area is 61.8 Å². The van der Waals surface area contributed by atoms with Gasteiger partial charge in [-0.15, -0.1) is 13.2 Å². The molecule has 0 heterocycles. The van der Waals surface area contributed by atoms with Crippen molar-refractivity contribution in [3.05, 3.63) is 20.6 Å². The van der Waals surface area contributed by atoms with Crippen LogP contribution in [-0.4, -0.2) is 16.7 Å². The number of nitrogens with zero attached hydrogens (tertiary/aromatic N) is 5. The molecule has 0 aliphatic rings. The van der Waals surface area contributed by atoms with Crippen LogP contribution in [0.5, 0.6) is 0 Å². The second-order valence-electron chi connectivity index (χ2n) is 1.21. The second kappa shape index (κ2) is 3.59. The molecule has 0 saturated heterocycles. The van der Waals surface area contributed by atoms with Crippen molar-refractivity contribution in [1.82, 2.24) is 5.28 Å². The summed E-state index contributed by atoms with van der Waals surface area (Å²) < 4.78 is 33.7. The van der Waals surface area contributed by atoms with E-state index >= 15 is 0 Å². The third-order valence-electron chi connectivity index (χ3n) is 0.441. The smallest absolute Gasteiger partial charge is 0.319 e. The van der Waals surface area contributed by atoms with Crippen molar-refractivity contribution < 1.29 is 23.0 Å². The van der Waals surface area contributed by atoms with Gasteiger partial charge in [-0.1, -0.05) is 5.53 Å². The van der Waals surface area contributed by atoms with E-state index in [1.54, 1.807) is 4.91 Å². The zero-order valence-corrected chi connectivity index (χ0v) is 5.09. The predicted octanol–water partition coefficient (Wildman–Crippen LogP) is 1.16. The number of alkyl halides is 3. The van der Waals surface area contributed by atoms with Gasteiger partial charge in [0.1, 0.15) is 0 Å². The normalized spacial score (nSPS) is 10.2. The molecule has 0 aromatic rings. The van der Waals surface area contributed by atoms with Gasteiger partial charge in [0.05, 0.1) is 4.91 Å². The van der Waals surface area contributed by atoms with Crippen molar-refractivity contribution in [2.24, 2.45) is 5.22 Å². The highest BCUT2D eigenvalue weighted by Crippen LogP contribution is 2.18. The Hall–Kier alpha value is -1.74. The molecule has 0 radical (unpaired) electrons. The lowest BCUT2D eigenvalue weighted by molar-refractivity contribution is -0.761. The Bertz CT molecular complexity index is 216. The summed E-state index contributed by atoms with van der Waals surface area (Å²) in [6.45, 7) is 0. The van der Waals surface area contributed by atoms with Crippen molar-refractivity contribution in [3.63, 3.8) is 0 Å². The zero-order valence-electron chi connectivity index (χ0n) is 5.09. The summed E-state index contributed by atoms with van der Waals surface area (Å²) in [5.74, 6) is 0. The van der Waals surface area contributed by atoms with Crippen molar-refractivity contribution in [1.29, 1.82) is 0 Å². The van der Waals surface area contributed by atoms with E-state index in [0.717, 1.165) is 0 Å². The molecule has 0 fully saturated rings. The van der Waals surface area contributed by atoms with Gasteiger partial charge in [-0.2, -0.15) is 0 Å². The number of halogens is 3. The van der Waals surface area contributed by atoms with Crippen molar-refractivity contribution in [2.45, 2.75) is 6.36 Å². The monoisotopic (exact) mass is 187 g/mol. The zero-order chi connectivity index (χ0) is 9.78. The van der Waals surface area contributed by atoms with Crippen LogP contribution in [0.3, 0.4) is 0 Å². The lowest BCUT2D eigenvalue weighted by Gasteiger charge is -1.99. The predicted molar refractivity (Wildman–Crippen MR) is 25.1 cm³/mol.